The molecule has 0 aromatic heterocycles. The Kier molecular flexibility index (Phi) is 9.58. The molecule has 0 saturated carbocycles. The molecule has 138 valence electrons. The molecule has 5 nitrogen and oxygen atoms in total. The zero-order chi connectivity index (χ0) is 18.7. The molecule has 1 rings (SSSR count). The normalized spacial score (nSPS) is 13.6. The largest absolute Gasteiger partial charge is 0.363 e. The second kappa shape index (κ2) is 11.4. The number of benzene rings is 1. The van der Waals surface area contributed by atoms with Crippen molar-refractivity contribution in [2.75, 3.05) is 20.8 Å². The third-order valence-electron chi connectivity index (χ3n) is 3.71. The summed E-state index contributed by atoms with van der Waals surface area (Å²) >= 11 is 0. The van der Waals surface area contributed by atoms with Gasteiger partial charge in [0.1, 0.15) is 6.73 Å². The molecule has 0 aliphatic rings. The molecule has 1 amide bonds. The van der Waals surface area contributed by atoms with Crippen LogP contribution in [0.25, 0.3) is 0 Å². The van der Waals surface area contributed by atoms with Crippen molar-refractivity contribution in [1.82, 2.24) is 15.5 Å². The Morgan fingerprint density at radius 2 is 2.00 bits per heavy atom. The topological polar surface area (TPSA) is 53.6 Å². The van der Waals surface area contributed by atoms with Crippen LogP contribution in [0.15, 0.2) is 54.8 Å². The van der Waals surface area contributed by atoms with Crippen molar-refractivity contribution in [3.63, 3.8) is 0 Å². The summed E-state index contributed by atoms with van der Waals surface area (Å²) in [6.45, 7) is 8.27. The average Bonchev–Trinajstić information content (AvgIpc) is 2.59. The highest BCUT2D eigenvalue weighted by Crippen LogP contribution is 2.18. The zero-order valence-corrected chi connectivity index (χ0v) is 15.8. The predicted molar refractivity (Wildman–Crippen MR) is 103 cm³/mol. The number of allylic oxidation sites excluding steroid dienone is 2. The third kappa shape index (κ3) is 8.52. The van der Waals surface area contributed by atoms with Crippen molar-refractivity contribution in [1.29, 1.82) is 0 Å². The van der Waals surface area contributed by atoms with E-state index in [1.165, 1.54) is 0 Å². The minimum atomic E-state index is -0.495. The maximum Gasteiger partial charge on any atom is 0.223 e. The van der Waals surface area contributed by atoms with E-state index in [4.69, 9.17) is 4.74 Å². The van der Waals surface area contributed by atoms with Crippen molar-refractivity contribution in [3.05, 3.63) is 60.3 Å². The van der Waals surface area contributed by atoms with E-state index < -0.39 is 6.35 Å². The molecule has 5 heteroatoms. The standard InChI is InChI=1S/C20H31N3O2/c1-6-7-11-17(3)21-15-25-20(23(4)5)22-19(24)14-16(2)18-12-9-8-10-13-18/h7-13,16,20-21H,3,6,14-15H2,1-2,4-5H3,(H,22,24)/b11-7-/t16-,20?/m0/s1. The number of carbonyl (C=O) groups is 1. The van der Waals surface area contributed by atoms with Gasteiger partial charge < -0.3 is 15.4 Å². The van der Waals surface area contributed by atoms with Gasteiger partial charge in [-0.2, -0.15) is 0 Å². The number of hydrogen-bond acceptors (Lipinski definition) is 4. The highest BCUT2D eigenvalue weighted by Gasteiger charge is 2.17. The highest BCUT2D eigenvalue weighted by molar-refractivity contribution is 5.76. The van der Waals surface area contributed by atoms with Crippen LogP contribution in [0.1, 0.15) is 38.2 Å². The fraction of sp³-hybridized carbons (Fsp3) is 0.450. The first-order valence-electron chi connectivity index (χ1n) is 8.65. The smallest absolute Gasteiger partial charge is 0.223 e. The first-order valence-corrected chi connectivity index (χ1v) is 8.65. The SMILES string of the molecule is C=C(/C=C\CC)NCOC(NC(=O)C[C@H](C)c1ccccc1)N(C)C. The van der Waals surface area contributed by atoms with Gasteiger partial charge in [-0.05, 0) is 38.1 Å². The molecule has 1 aromatic rings. The summed E-state index contributed by atoms with van der Waals surface area (Å²) in [6.07, 6.45) is 4.81. The van der Waals surface area contributed by atoms with Gasteiger partial charge in [0.15, 0.2) is 6.35 Å². The summed E-state index contributed by atoms with van der Waals surface area (Å²) in [6, 6.07) is 10.0. The van der Waals surface area contributed by atoms with Gasteiger partial charge in [-0.3, -0.25) is 9.69 Å². The van der Waals surface area contributed by atoms with E-state index in [0.29, 0.717) is 6.42 Å². The number of amides is 1. The van der Waals surface area contributed by atoms with Crippen LogP contribution in [0.3, 0.4) is 0 Å². The van der Waals surface area contributed by atoms with Crippen LogP contribution >= 0.6 is 0 Å². The van der Waals surface area contributed by atoms with E-state index >= 15 is 0 Å². The lowest BCUT2D eigenvalue weighted by Gasteiger charge is -2.26. The Hall–Kier alpha value is -2.11. The van der Waals surface area contributed by atoms with Crippen LogP contribution in [0.4, 0.5) is 0 Å². The average molecular weight is 345 g/mol. The Labute approximate surface area is 151 Å². The van der Waals surface area contributed by atoms with Crippen LogP contribution < -0.4 is 10.6 Å². The summed E-state index contributed by atoms with van der Waals surface area (Å²) in [5, 5.41) is 5.97. The molecule has 1 unspecified atom stereocenters. The maximum atomic E-state index is 12.3. The van der Waals surface area contributed by atoms with E-state index in [-0.39, 0.29) is 18.6 Å². The van der Waals surface area contributed by atoms with Crippen LogP contribution in [-0.4, -0.2) is 38.0 Å². The Morgan fingerprint density at radius 1 is 1.32 bits per heavy atom. The number of nitrogens with zero attached hydrogens (tertiary/aromatic N) is 1. The summed E-state index contributed by atoms with van der Waals surface area (Å²) in [4.78, 5) is 14.1. The van der Waals surface area contributed by atoms with Crippen molar-refractivity contribution in [2.45, 2.75) is 39.0 Å². The van der Waals surface area contributed by atoms with Crippen molar-refractivity contribution in [3.8, 4) is 0 Å². The molecule has 2 atom stereocenters. The molecular formula is C20H31N3O2. The predicted octanol–water partition coefficient (Wildman–Crippen LogP) is 3.19. The number of nitrogens with one attached hydrogen (secondary N) is 2. The molecular weight excluding hydrogens is 314 g/mol. The number of carbonyl (C=O) groups excluding carboxylic acids is 1. The summed E-state index contributed by atoms with van der Waals surface area (Å²) in [7, 11) is 3.72. The van der Waals surface area contributed by atoms with E-state index in [2.05, 4.69) is 24.1 Å². The van der Waals surface area contributed by atoms with Crippen molar-refractivity contribution < 1.29 is 9.53 Å². The molecule has 0 aliphatic carbocycles. The summed E-state index contributed by atoms with van der Waals surface area (Å²) < 4.78 is 5.70. The van der Waals surface area contributed by atoms with Gasteiger partial charge in [-0.15, -0.1) is 0 Å². The Balaban J connectivity index is 2.44. The first kappa shape index (κ1) is 20.9. The molecule has 0 radical (unpaired) electrons. The van der Waals surface area contributed by atoms with E-state index in [1.54, 1.807) is 0 Å². The monoisotopic (exact) mass is 345 g/mol. The third-order valence-corrected chi connectivity index (χ3v) is 3.71. The highest BCUT2D eigenvalue weighted by atomic mass is 16.5. The number of rotatable bonds is 11. The lowest BCUT2D eigenvalue weighted by Crippen LogP contribution is -2.47. The number of ether oxygens (including phenoxy) is 1. The van der Waals surface area contributed by atoms with Gasteiger partial charge in [-0.25, -0.2) is 0 Å². The van der Waals surface area contributed by atoms with Crippen molar-refractivity contribution in [2.24, 2.45) is 0 Å². The minimum absolute atomic E-state index is 0.0419. The molecule has 0 bridgehead atoms. The molecule has 1 aromatic carbocycles. The molecule has 0 heterocycles. The molecule has 0 spiro atoms. The fourth-order valence-corrected chi connectivity index (χ4v) is 2.23. The van der Waals surface area contributed by atoms with Crippen LogP contribution in [-0.2, 0) is 9.53 Å². The minimum Gasteiger partial charge on any atom is -0.363 e. The van der Waals surface area contributed by atoms with Crippen LogP contribution in [0, 0.1) is 0 Å². The van der Waals surface area contributed by atoms with E-state index in [9.17, 15) is 4.79 Å². The molecule has 25 heavy (non-hydrogen) atoms. The van der Waals surface area contributed by atoms with Crippen LogP contribution in [0.5, 0.6) is 0 Å². The van der Waals surface area contributed by atoms with Crippen molar-refractivity contribution >= 4 is 5.91 Å². The Bertz CT molecular complexity index is 555. The van der Waals surface area contributed by atoms with Gasteiger partial charge in [0, 0.05) is 12.1 Å². The second-order valence-corrected chi connectivity index (χ2v) is 6.22. The van der Waals surface area contributed by atoms with Gasteiger partial charge in [-0.1, -0.05) is 56.8 Å². The van der Waals surface area contributed by atoms with Crippen LogP contribution in [0.2, 0.25) is 0 Å². The van der Waals surface area contributed by atoms with Gasteiger partial charge >= 0.3 is 0 Å². The first-order chi connectivity index (χ1) is 11.9. The van der Waals surface area contributed by atoms with Gasteiger partial charge in [0.25, 0.3) is 0 Å². The second-order valence-electron chi connectivity index (χ2n) is 6.22. The van der Waals surface area contributed by atoms with E-state index in [0.717, 1.165) is 17.7 Å². The molecule has 0 fully saturated rings. The molecule has 0 saturated heterocycles. The van der Waals surface area contributed by atoms with E-state index in [1.807, 2.05) is 68.4 Å². The van der Waals surface area contributed by atoms with Gasteiger partial charge in [0.2, 0.25) is 5.91 Å². The fourth-order valence-electron chi connectivity index (χ4n) is 2.23. The van der Waals surface area contributed by atoms with Gasteiger partial charge in [0.05, 0.1) is 0 Å². The Morgan fingerprint density at radius 3 is 2.60 bits per heavy atom. The lowest BCUT2D eigenvalue weighted by molar-refractivity contribution is -0.132. The quantitative estimate of drug-likeness (QED) is 0.478. The lowest BCUT2D eigenvalue weighted by atomic mass is 9.98. The summed E-state index contributed by atoms with van der Waals surface area (Å²) in [5.74, 6) is 0.112. The zero-order valence-electron chi connectivity index (χ0n) is 15.8. The molecule has 2 N–H and O–H groups in total. The molecule has 0 aliphatic heterocycles. The number of hydrogen-bond donors (Lipinski definition) is 2. The maximum absolute atomic E-state index is 12.3. The summed E-state index contributed by atoms with van der Waals surface area (Å²) in [5.41, 5.74) is 1.93.